The molecular formula is C15H22FN3O4S. The van der Waals surface area contributed by atoms with Gasteiger partial charge in [0, 0.05) is 27.2 Å². The lowest BCUT2D eigenvalue weighted by Crippen LogP contribution is -2.46. The second-order valence-corrected chi connectivity index (χ2v) is 7.78. The number of nitrogens with zero attached hydrogens (tertiary/aromatic N) is 2. The number of carbonyl (C=O) groups is 1. The Hall–Kier alpha value is -1.71. The lowest BCUT2D eigenvalue weighted by molar-refractivity contribution is -0.120. The van der Waals surface area contributed by atoms with Crippen LogP contribution in [-0.2, 0) is 19.7 Å². The second-order valence-electron chi connectivity index (χ2n) is 5.71. The SMILES string of the molecule is CN(C)S(=O)(=O)N(CC(=O)NC[C@@H]1CCCO1)c1ccc(F)cc1. The van der Waals surface area contributed by atoms with Crippen molar-refractivity contribution in [1.29, 1.82) is 0 Å². The molecule has 1 aliphatic rings. The van der Waals surface area contributed by atoms with Crippen LogP contribution >= 0.6 is 0 Å². The Kier molecular flexibility index (Phi) is 6.14. The van der Waals surface area contributed by atoms with E-state index in [1.165, 1.54) is 26.2 Å². The molecular weight excluding hydrogens is 337 g/mol. The van der Waals surface area contributed by atoms with Crippen molar-refractivity contribution < 1.29 is 22.3 Å². The third-order valence-electron chi connectivity index (χ3n) is 3.69. The maximum absolute atomic E-state index is 13.1. The number of amides is 1. The standard InChI is InChI=1S/C15H22FN3O4S/c1-18(2)24(21,22)19(13-7-5-12(16)6-8-13)11-15(20)17-10-14-4-3-9-23-14/h5-8,14H,3-4,9-11H2,1-2H3,(H,17,20)/t14-/m0/s1. The van der Waals surface area contributed by atoms with Crippen molar-refractivity contribution in [2.45, 2.75) is 18.9 Å². The van der Waals surface area contributed by atoms with Gasteiger partial charge in [-0.3, -0.25) is 4.79 Å². The van der Waals surface area contributed by atoms with Gasteiger partial charge in [0.05, 0.1) is 11.8 Å². The zero-order valence-electron chi connectivity index (χ0n) is 13.7. The number of hydrogen-bond acceptors (Lipinski definition) is 4. The summed E-state index contributed by atoms with van der Waals surface area (Å²) < 4.78 is 45.4. The van der Waals surface area contributed by atoms with Gasteiger partial charge in [-0.05, 0) is 37.1 Å². The Bertz CT molecular complexity index is 658. The number of benzene rings is 1. The van der Waals surface area contributed by atoms with Gasteiger partial charge in [0.1, 0.15) is 12.4 Å². The minimum absolute atomic E-state index is 0.0290. The number of nitrogens with one attached hydrogen (secondary N) is 1. The molecule has 1 N–H and O–H groups in total. The minimum atomic E-state index is -3.89. The van der Waals surface area contributed by atoms with Crippen molar-refractivity contribution in [2.75, 3.05) is 38.1 Å². The Morgan fingerprint density at radius 3 is 2.54 bits per heavy atom. The van der Waals surface area contributed by atoms with Crippen LogP contribution in [0.4, 0.5) is 10.1 Å². The lowest BCUT2D eigenvalue weighted by atomic mass is 10.2. The summed E-state index contributed by atoms with van der Waals surface area (Å²) >= 11 is 0. The van der Waals surface area contributed by atoms with E-state index in [1.807, 2.05) is 0 Å². The molecule has 134 valence electrons. The largest absolute Gasteiger partial charge is 0.376 e. The molecule has 0 unspecified atom stereocenters. The molecule has 1 atom stereocenters. The summed E-state index contributed by atoms with van der Waals surface area (Å²) in [6.07, 6.45) is 1.80. The number of ether oxygens (including phenoxy) is 1. The average Bonchev–Trinajstić information content (AvgIpc) is 3.05. The highest BCUT2D eigenvalue weighted by atomic mass is 32.2. The van der Waals surface area contributed by atoms with E-state index in [4.69, 9.17) is 4.74 Å². The Morgan fingerprint density at radius 2 is 2.00 bits per heavy atom. The van der Waals surface area contributed by atoms with Crippen LogP contribution in [0.15, 0.2) is 24.3 Å². The molecule has 1 fully saturated rings. The van der Waals surface area contributed by atoms with Crippen LogP contribution in [0.5, 0.6) is 0 Å². The molecule has 1 amide bonds. The van der Waals surface area contributed by atoms with E-state index in [9.17, 15) is 17.6 Å². The zero-order chi connectivity index (χ0) is 17.7. The van der Waals surface area contributed by atoms with Gasteiger partial charge in [-0.15, -0.1) is 0 Å². The third-order valence-corrected chi connectivity index (χ3v) is 5.51. The molecule has 0 radical (unpaired) electrons. The Morgan fingerprint density at radius 1 is 1.33 bits per heavy atom. The topological polar surface area (TPSA) is 79.0 Å². The molecule has 7 nitrogen and oxygen atoms in total. The number of halogens is 1. The van der Waals surface area contributed by atoms with Gasteiger partial charge in [-0.25, -0.2) is 8.70 Å². The summed E-state index contributed by atoms with van der Waals surface area (Å²) in [5, 5.41) is 2.68. The number of rotatable bonds is 7. The van der Waals surface area contributed by atoms with Crippen molar-refractivity contribution in [2.24, 2.45) is 0 Å². The van der Waals surface area contributed by atoms with E-state index in [0.717, 1.165) is 33.6 Å². The first-order valence-corrected chi connectivity index (χ1v) is 9.04. The Labute approximate surface area is 141 Å². The van der Waals surface area contributed by atoms with E-state index in [1.54, 1.807) is 0 Å². The summed E-state index contributed by atoms with van der Waals surface area (Å²) in [7, 11) is -1.14. The first-order valence-electron chi connectivity index (χ1n) is 7.65. The number of carbonyl (C=O) groups excluding carboxylic acids is 1. The van der Waals surface area contributed by atoms with E-state index in [2.05, 4.69) is 5.32 Å². The molecule has 1 heterocycles. The normalized spacial score (nSPS) is 17.9. The maximum Gasteiger partial charge on any atom is 0.304 e. The highest BCUT2D eigenvalue weighted by Gasteiger charge is 2.27. The van der Waals surface area contributed by atoms with Crippen LogP contribution < -0.4 is 9.62 Å². The zero-order valence-corrected chi connectivity index (χ0v) is 14.6. The molecule has 0 aromatic heterocycles. The molecule has 0 bridgehead atoms. The van der Waals surface area contributed by atoms with E-state index in [-0.39, 0.29) is 11.8 Å². The molecule has 1 aliphatic heterocycles. The first-order chi connectivity index (χ1) is 11.3. The van der Waals surface area contributed by atoms with Gasteiger partial charge >= 0.3 is 10.2 Å². The average molecular weight is 359 g/mol. The van der Waals surface area contributed by atoms with Gasteiger partial charge in [-0.2, -0.15) is 12.7 Å². The Balaban J connectivity index is 2.10. The van der Waals surface area contributed by atoms with Gasteiger partial charge in [-0.1, -0.05) is 0 Å². The van der Waals surface area contributed by atoms with Crippen LogP contribution in [0.25, 0.3) is 0 Å². The summed E-state index contributed by atoms with van der Waals surface area (Å²) in [4.78, 5) is 12.2. The molecule has 0 aliphatic carbocycles. The molecule has 24 heavy (non-hydrogen) atoms. The second kappa shape index (κ2) is 7.91. The minimum Gasteiger partial charge on any atom is -0.376 e. The fourth-order valence-electron chi connectivity index (χ4n) is 2.33. The smallest absolute Gasteiger partial charge is 0.304 e. The highest BCUT2D eigenvalue weighted by Crippen LogP contribution is 2.19. The van der Waals surface area contributed by atoms with Crippen LogP contribution in [0.1, 0.15) is 12.8 Å². The van der Waals surface area contributed by atoms with E-state index >= 15 is 0 Å². The van der Waals surface area contributed by atoms with Crippen LogP contribution in [0.2, 0.25) is 0 Å². The first kappa shape index (κ1) is 18.6. The van der Waals surface area contributed by atoms with Gasteiger partial charge in [0.25, 0.3) is 0 Å². The van der Waals surface area contributed by atoms with Gasteiger partial charge in [0.15, 0.2) is 0 Å². The fourth-order valence-corrected chi connectivity index (χ4v) is 3.39. The molecule has 0 spiro atoms. The lowest BCUT2D eigenvalue weighted by Gasteiger charge is -2.27. The molecule has 1 saturated heterocycles. The monoisotopic (exact) mass is 359 g/mol. The van der Waals surface area contributed by atoms with Gasteiger partial charge in [0.2, 0.25) is 5.91 Å². The van der Waals surface area contributed by atoms with Crippen molar-refractivity contribution in [3.63, 3.8) is 0 Å². The number of hydrogen-bond donors (Lipinski definition) is 1. The van der Waals surface area contributed by atoms with Crippen molar-refractivity contribution >= 4 is 21.8 Å². The molecule has 0 saturated carbocycles. The molecule has 1 aromatic carbocycles. The summed E-state index contributed by atoms with van der Waals surface area (Å²) in [6.45, 7) is 0.633. The van der Waals surface area contributed by atoms with Crippen LogP contribution in [0, 0.1) is 5.82 Å². The van der Waals surface area contributed by atoms with Crippen molar-refractivity contribution in [3.05, 3.63) is 30.1 Å². The number of anilines is 1. The third kappa shape index (κ3) is 4.65. The summed E-state index contributed by atoms with van der Waals surface area (Å²) in [6, 6.07) is 4.95. The quantitative estimate of drug-likeness (QED) is 0.779. The van der Waals surface area contributed by atoms with E-state index < -0.39 is 28.5 Å². The fraction of sp³-hybridized carbons (Fsp3) is 0.533. The summed E-state index contributed by atoms with van der Waals surface area (Å²) in [5.74, 6) is -0.927. The maximum atomic E-state index is 13.1. The van der Waals surface area contributed by atoms with Crippen molar-refractivity contribution in [3.8, 4) is 0 Å². The molecule has 9 heteroatoms. The summed E-state index contributed by atoms with van der Waals surface area (Å²) in [5.41, 5.74) is 0.220. The molecule has 2 rings (SSSR count). The highest BCUT2D eigenvalue weighted by molar-refractivity contribution is 7.90. The van der Waals surface area contributed by atoms with E-state index in [0.29, 0.717) is 13.2 Å². The van der Waals surface area contributed by atoms with Gasteiger partial charge < -0.3 is 10.1 Å². The van der Waals surface area contributed by atoms with Crippen LogP contribution in [0.3, 0.4) is 0 Å². The predicted molar refractivity (Wildman–Crippen MR) is 88.3 cm³/mol. The van der Waals surface area contributed by atoms with Crippen molar-refractivity contribution in [1.82, 2.24) is 9.62 Å². The molecule has 1 aromatic rings. The predicted octanol–water partition coefficient (Wildman–Crippen LogP) is 0.734. The van der Waals surface area contributed by atoms with Crippen LogP contribution in [-0.4, -0.2) is 58.5 Å².